The zero-order valence-corrected chi connectivity index (χ0v) is 26.2. The molecular weight excluding hydrogens is 564 g/mol. The molecule has 4 aromatic rings. The second-order valence-electron chi connectivity index (χ2n) is 10.9. The van der Waals surface area contributed by atoms with Crippen LogP contribution >= 0.6 is 0 Å². The molecule has 236 valence electrons. The topological polar surface area (TPSA) is 85.9 Å². The lowest BCUT2D eigenvalue weighted by atomic mass is 10.0. The minimum atomic E-state index is -0.0803. The van der Waals surface area contributed by atoms with Crippen molar-refractivity contribution in [1.29, 1.82) is 0 Å². The third-order valence-electron chi connectivity index (χ3n) is 7.46. The molecule has 45 heavy (non-hydrogen) atoms. The molecule has 0 aromatic heterocycles. The lowest BCUT2D eigenvalue weighted by Crippen LogP contribution is -2.29. The molecule has 2 atom stereocenters. The average molecular weight is 609 g/mol. The highest BCUT2D eigenvalue weighted by molar-refractivity contribution is 6.09. The number of hydrogen-bond donors (Lipinski definition) is 2. The van der Waals surface area contributed by atoms with Crippen LogP contribution in [0.3, 0.4) is 0 Å². The Kier molecular flexibility index (Phi) is 13.8. The molecule has 0 fully saturated rings. The van der Waals surface area contributed by atoms with Gasteiger partial charge < -0.3 is 24.8 Å². The van der Waals surface area contributed by atoms with Crippen LogP contribution in [0.2, 0.25) is 0 Å². The Morgan fingerprint density at radius 3 is 1.49 bits per heavy atom. The SMILES string of the molecule is CCCOCC(CCNc1ccc(C(=O)c2ccccc2)cc1)OCC(CCNc1ccc(C(=O)c2ccccc2)cc1)OC. The summed E-state index contributed by atoms with van der Waals surface area (Å²) >= 11 is 0. The first-order valence-electron chi connectivity index (χ1n) is 15.7. The summed E-state index contributed by atoms with van der Waals surface area (Å²) in [5.41, 5.74) is 4.59. The van der Waals surface area contributed by atoms with Gasteiger partial charge in [0.1, 0.15) is 0 Å². The molecule has 0 saturated carbocycles. The standard InChI is InChI=1S/C38H44N2O5/c1-3-26-44-27-36(23-25-40-34-20-16-32(17-21-34)38(42)30-12-8-5-9-13-30)45-28-35(43-2)22-24-39-33-18-14-31(15-19-33)37(41)29-10-6-4-7-11-29/h4-21,35-36,39-40H,3,22-28H2,1-2H3. The van der Waals surface area contributed by atoms with Crippen molar-refractivity contribution in [3.8, 4) is 0 Å². The van der Waals surface area contributed by atoms with E-state index in [0.29, 0.717) is 55.2 Å². The van der Waals surface area contributed by atoms with Gasteiger partial charge >= 0.3 is 0 Å². The Morgan fingerprint density at radius 1 is 0.600 bits per heavy atom. The molecule has 0 bridgehead atoms. The Morgan fingerprint density at radius 2 is 1.04 bits per heavy atom. The molecule has 0 aliphatic heterocycles. The van der Waals surface area contributed by atoms with Crippen LogP contribution in [0.15, 0.2) is 109 Å². The highest BCUT2D eigenvalue weighted by atomic mass is 16.6. The van der Waals surface area contributed by atoms with Crippen LogP contribution in [0.25, 0.3) is 0 Å². The molecule has 0 spiro atoms. The molecule has 0 heterocycles. The van der Waals surface area contributed by atoms with Crippen LogP contribution in [0, 0.1) is 0 Å². The second kappa shape index (κ2) is 18.5. The van der Waals surface area contributed by atoms with Gasteiger partial charge in [-0.1, -0.05) is 67.6 Å². The lowest BCUT2D eigenvalue weighted by molar-refractivity contribution is -0.0608. The zero-order valence-electron chi connectivity index (χ0n) is 26.2. The van der Waals surface area contributed by atoms with Crippen molar-refractivity contribution < 1.29 is 23.8 Å². The molecular formula is C38H44N2O5. The van der Waals surface area contributed by atoms with E-state index in [1.807, 2.05) is 109 Å². The summed E-state index contributed by atoms with van der Waals surface area (Å²) in [4.78, 5) is 25.3. The van der Waals surface area contributed by atoms with Gasteiger partial charge in [0.15, 0.2) is 11.6 Å². The lowest BCUT2D eigenvalue weighted by Gasteiger charge is -2.22. The predicted molar refractivity (Wildman–Crippen MR) is 180 cm³/mol. The van der Waals surface area contributed by atoms with Crippen molar-refractivity contribution in [1.82, 2.24) is 0 Å². The number of rotatable bonds is 20. The van der Waals surface area contributed by atoms with Crippen LogP contribution in [0.1, 0.15) is 58.0 Å². The van der Waals surface area contributed by atoms with E-state index in [1.54, 1.807) is 7.11 Å². The Bertz CT molecular complexity index is 1430. The third kappa shape index (κ3) is 11.0. The fourth-order valence-corrected chi connectivity index (χ4v) is 4.83. The predicted octanol–water partition coefficient (Wildman–Crippen LogP) is 7.28. The van der Waals surface area contributed by atoms with Crippen molar-refractivity contribution in [2.24, 2.45) is 0 Å². The minimum Gasteiger partial charge on any atom is -0.385 e. The summed E-state index contributed by atoms with van der Waals surface area (Å²) in [6, 6.07) is 33.7. The van der Waals surface area contributed by atoms with Crippen LogP contribution < -0.4 is 10.6 Å². The van der Waals surface area contributed by atoms with E-state index in [2.05, 4.69) is 17.6 Å². The quantitative estimate of drug-likeness (QED) is 0.0806. The molecule has 4 aromatic carbocycles. The average Bonchev–Trinajstić information content (AvgIpc) is 3.10. The normalized spacial score (nSPS) is 12.3. The summed E-state index contributed by atoms with van der Waals surface area (Å²) in [7, 11) is 1.70. The summed E-state index contributed by atoms with van der Waals surface area (Å²) in [6.45, 7) is 5.16. The van der Waals surface area contributed by atoms with Crippen LogP contribution in [0.5, 0.6) is 0 Å². The Hall–Kier alpha value is -4.30. The van der Waals surface area contributed by atoms with E-state index in [4.69, 9.17) is 14.2 Å². The highest BCUT2D eigenvalue weighted by Gasteiger charge is 2.15. The number of methoxy groups -OCH3 is 1. The number of hydrogen-bond acceptors (Lipinski definition) is 7. The fourth-order valence-electron chi connectivity index (χ4n) is 4.83. The van der Waals surface area contributed by atoms with E-state index >= 15 is 0 Å². The molecule has 0 radical (unpaired) electrons. The number of nitrogens with one attached hydrogen (secondary N) is 2. The summed E-state index contributed by atoms with van der Waals surface area (Å²) < 4.78 is 17.8. The number of anilines is 2. The maximum atomic E-state index is 12.7. The van der Waals surface area contributed by atoms with Gasteiger partial charge in [-0.15, -0.1) is 0 Å². The number of ether oxygens (including phenoxy) is 3. The van der Waals surface area contributed by atoms with Crippen LogP contribution in [-0.4, -0.2) is 63.8 Å². The van der Waals surface area contributed by atoms with E-state index in [9.17, 15) is 9.59 Å². The Balaban J connectivity index is 1.20. The maximum absolute atomic E-state index is 12.7. The third-order valence-corrected chi connectivity index (χ3v) is 7.46. The number of ketones is 2. The minimum absolute atomic E-state index is 0.0136. The molecule has 2 unspecified atom stereocenters. The van der Waals surface area contributed by atoms with Crippen LogP contribution in [-0.2, 0) is 14.2 Å². The summed E-state index contributed by atoms with van der Waals surface area (Å²) in [6.07, 6.45) is 2.32. The van der Waals surface area contributed by atoms with Gasteiger partial charge in [0, 0.05) is 60.4 Å². The first-order valence-corrected chi connectivity index (χ1v) is 15.7. The monoisotopic (exact) mass is 608 g/mol. The van der Waals surface area contributed by atoms with Crippen molar-refractivity contribution in [2.45, 2.75) is 38.4 Å². The molecule has 0 aliphatic carbocycles. The van der Waals surface area contributed by atoms with Crippen molar-refractivity contribution >= 4 is 22.9 Å². The van der Waals surface area contributed by atoms with E-state index in [1.165, 1.54) is 0 Å². The first-order chi connectivity index (χ1) is 22.1. The van der Waals surface area contributed by atoms with Gasteiger partial charge in [0.2, 0.25) is 0 Å². The van der Waals surface area contributed by atoms with Crippen molar-refractivity contribution in [3.63, 3.8) is 0 Å². The van der Waals surface area contributed by atoms with Gasteiger partial charge in [0.25, 0.3) is 0 Å². The maximum Gasteiger partial charge on any atom is 0.193 e. The van der Waals surface area contributed by atoms with E-state index < -0.39 is 0 Å². The molecule has 4 rings (SSSR count). The largest absolute Gasteiger partial charge is 0.385 e. The Labute approximate surface area is 266 Å². The first kappa shape index (κ1) is 33.6. The van der Waals surface area contributed by atoms with Crippen LogP contribution in [0.4, 0.5) is 11.4 Å². The summed E-state index contributed by atoms with van der Waals surface area (Å²) in [5, 5.41) is 6.85. The van der Waals surface area contributed by atoms with Gasteiger partial charge in [-0.05, 0) is 67.8 Å². The van der Waals surface area contributed by atoms with E-state index in [-0.39, 0.29) is 23.8 Å². The molecule has 0 saturated heterocycles. The zero-order chi connectivity index (χ0) is 31.7. The van der Waals surface area contributed by atoms with E-state index in [0.717, 1.165) is 30.6 Å². The number of carbonyl (C=O) groups is 2. The highest BCUT2D eigenvalue weighted by Crippen LogP contribution is 2.16. The van der Waals surface area contributed by atoms with Crippen molar-refractivity contribution in [2.75, 3.05) is 50.7 Å². The number of carbonyl (C=O) groups excluding carboxylic acids is 2. The molecule has 7 nitrogen and oxygen atoms in total. The molecule has 0 amide bonds. The molecule has 7 heteroatoms. The molecule has 2 N–H and O–H groups in total. The second-order valence-corrected chi connectivity index (χ2v) is 10.9. The number of benzene rings is 4. The summed E-state index contributed by atoms with van der Waals surface area (Å²) in [5.74, 6) is 0.0273. The van der Waals surface area contributed by atoms with Gasteiger partial charge in [0.05, 0.1) is 25.4 Å². The van der Waals surface area contributed by atoms with Crippen molar-refractivity contribution in [3.05, 3.63) is 131 Å². The molecule has 0 aliphatic rings. The van der Waals surface area contributed by atoms with Gasteiger partial charge in [-0.2, -0.15) is 0 Å². The smallest absolute Gasteiger partial charge is 0.193 e. The van der Waals surface area contributed by atoms with Gasteiger partial charge in [-0.3, -0.25) is 9.59 Å². The van der Waals surface area contributed by atoms with Gasteiger partial charge in [-0.25, -0.2) is 0 Å². The fraction of sp³-hybridized carbons (Fsp3) is 0.316.